The number of nitrogens with two attached hydrogens (primary N) is 1. The van der Waals surface area contributed by atoms with Crippen molar-refractivity contribution in [1.29, 1.82) is 0 Å². The Bertz CT molecular complexity index is 580. The molecule has 2 rings (SSSR count). The molecule has 0 aliphatic heterocycles. The lowest BCUT2D eigenvalue weighted by Gasteiger charge is -2.09. The molecule has 6 heteroatoms. The Morgan fingerprint density at radius 2 is 2.22 bits per heavy atom. The van der Waals surface area contributed by atoms with Crippen molar-refractivity contribution in [3.63, 3.8) is 0 Å². The van der Waals surface area contributed by atoms with Gasteiger partial charge in [-0.25, -0.2) is 4.39 Å². The summed E-state index contributed by atoms with van der Waals surface area (Å²) in [7, 11) is 1.75. The number of nitrogens with zero attached hydrogens (tertiary/aromatic N) is 2. The van der Waals surface area contributed by atoms with Crippen molar-refractivity contribution in [2.45, 2.75) is 13.3 Å². The topological polar surface area (TPSA) is 55.9 Å². The van der Waals surface area contributed by atoms with Gasteiger partial charge in [0, 0.05) is 7.05 Å². The molecule has 1 aromatic heterocycles. The van der Waals surface area contributed by atoms with Crippen LogP contribution in [0.5, 0.6) is 0 Å². The number of aryl methyl sites for hydroxylation is 2. The third-order valence-corrected chi connectivity index (χ3v) is 2.99. The molecule has 0 fully saturated rings. The maximum Gasteiger partial charge on any atom is 0.165 e. The Morgan fingerprint density at radius 1 is 1.50 bits per heavy atom. The summed E-state index contributed by atoms with van der Waals surface area (Å²) in [6, 6.07) is 4.76. The third-order valence-electron chi connectivity index (χ3n) is 2.70. The fraction of sp³-hybridized carbons (Fsp3) is 0.250. The van der Waals surface area contributed by atoms with Crippen LogP contribution in [0.2, 0.25) is 5.02 Å². The van der Waals surface area contributed by atoms with Gasteiger partial charge in [-0.2, -0.15) is 5.10 Å². The minimum Gasteiger partial charge on any atom is -0.394 e. The number of benzene rings is 1. The Labute approximate surface area is 110 Å². The summed E-state index contributed by atoms with van der Waals surface area (Å²) in [6.07, 6.45) is 0.722. The second kappa shape index (κ2) is 4.86. The van der Waals surface area contributed by atoms with E-state index in [1.54, 1.807) is 23.9 Å². The molecule has 2 aromatic rings. The zero-order chi connectivity index (χ0) is 13.3. The van der Waals surface area contributed by atoms with E-state index in [4.69, 9.17) is 17.3 Å². The van der Waals surface area contributed by atoms with Gasteiger partial charge in [-0.3, -0.25) is 4.68 Å². The van der Waals surface area contributed by atoms with E-state index < -0.39 is 5.82 Å². The van der Waals surface area contributed by atoms with Crippen LogP contribution < -0.4 is 11.1 Å². The lowest BCUT2D eigenvalue weighted by Crippen LogP contribution is -2.02. The van der Waals surface area contributed by atoms with E-state index >= 15 is 0 Å². The molecule has 0 aliphatic rings. The first-order chi connectivity index (χ1) is 8.54. The smallest absolute Gasteiger partial charge is 0.165 e. The number of hydrogen-bond acceptors (Lipinski definition) is 3. The zero-order valence-corrected chi connectivity index (χ0v) is 10.9. The van der Waals surface area contributed by atoms with Gasteiger partial charge in [-0.15, -0.1) is 0 Å². The first kappa shape index (κ1) is 12.7. The number of anilines is 3. The van der Waals surface area contributed by atoms with Crippen molar-refractivity contribution in [1.82, 2.24) is 9.78 Å². The molecule has 0 unspecified atom stereocenters. The molecule has 0 saturated carbocycles. The van der Waals surface area contributed by atoms with Crippen LogP contribution in [0.25, 0.3) is 0 Å². The molecule has 0 amide bonds. The number of hydrogen-bond donors (Lipinski definition) is 2. The fourth-order valence-electron chi connectivity index (χ4n) is 1.73. The Kier molecular flexibility index (Phi) is 3.43. The van der Waals surface area contributed by atoms with Gasteiger partial charge in [0.2, 0.25) is 0 Å². The van der Waals surface area contributed by atoms with Crippen molar-refractivity contribution >= 4 is 28.8 Å². The zero-order valence-electron chi connectivity index (χ0n) is 10.2. The van der Waals surface area contributed by atoms with E-state index in [1.165, 1.54) is 6.07 Å². The quantitative estimate of drug-likeness (QED) is 0.899. The van der Waals surface area contributed by atoms with Crippen molar-refractivity contribution in [2.24, 2.45) is 7.05 Å². The van der Waals surface area contributed by atoms with Crippen LogP contribution in [-0.4, -0.2) is 9.78 Å². The van der Waals surface area contributed by atoms with E-state index in [1.807, 2.05) is 6.92 Å². The van der Waals surface area contributed by atoms with Crippen molar-refractivity contribution in [2.75, 3.05) is 11.1 Å². The van der Waals surface area contributed by atoms with Crippen LogP contribution in [0.1, 0.15) is 12.6 Å². The van der Waals surface area contributed by atoms with Gasteiger partial charge < -0.3 is 11.1 Å². The number of nitrogen functional groups attached to an aromatic ring is 1. The molecule has 4 nitrogen and oxygen atoms in total. The third kappa shape index (κ3) is 2.13. The lowest BCUT2D eigenvalue weighted by molar-refractivity contribution is 0.631. The van der Waals surface area contributed by atoms with Gasteiger partial charge in [-0.05, 0) is 18.6 Å². The molecule has 18 heavy (non-hydrogen) atoms. The van der Waals surface area contributed by atoms with Crippen LogP contribution in [0.3, 0.4) is 0 Å². The maximum absolute atomic E-state index is 13.8. The van der Waals surface area contributed by atoms with Gasteiger partial charge in [0.05, 0.1) is 22.1 Å². The largest absolute Gasteiger partial charge is 0.394 e. The molecule has 1 aromatic carbocycles. The molecule has 3 N–H and O–H groups in total. The SMILES string of the molecule is CCc1nn(C)c(Nc2cccc(Cl)c2F)c1N. The highest BCUT2D eigenvalue weighted by atomic mass is 35.5. The Hall–Kier alpha value is -1.75. The normalized spacial score (nSPS) is 10.7. The Balaban J connectivity index is 2.40. The van der Waals surface area contributed by atoms with E-state index in [2.05, 4.69) is 10.4 Å². The van der Waals surface area contributed by atoms with Crippen LogP contribution in [-0.2, 0) is 13.5 Å². The molecule has 0 saturated heterocycles. The summed E-state index contributed by atoms with van der Waals surface area (Å²) in [5.74, 6) is 0.0610. The van der Waals surface area contributed by atoms with E-state index in [-0.39, 0.29) is 10.7 Å². The average molecular weight is 269 g/mol. The minimum absolute atomic E-state index is 0.0662. The molecular weight excluding hydrogens is 255 g/mol. The van der Waals surface area contributed by atoms with Gasteiger partial charge in [0.25, 0.3) is 0 Å². The van der Waals surface area contributed by atoms with E-state index in [0.29, 0.717) is 11.5 Å². The van der Waals surface area contributed by atoms with E-state index in [0.717, 1.165) is 12.1 Å². The van der Waals surface area contributed by atoms with Crippen LogP contribution in [0.15, 0.2) is 18.2 Å². The minimum atomic E-state index is -0.502. The number of halogens is 2. The number of nitrogens with one attached hydrogen (secondary N) is 1. The summed E-state index contributed by atoms with van der Waals surface area (Å²) < 4.78 is 15.4. The van der Waals surface area contributed by atoms with E-state index in [9.17, 15) is 4.39 Å². The van der Waals surface area contributed by atoms with Gasteiger partial charge >= 0.3 is 0 Å². The van der Waals surface area contributed by atoms with Crippen LogP contribution in [0.4, 0.5) is 21.6 Å². The number of aromatic nitrogens is 2. The highest BCUT2D eigenvalue weighted by Gasteiger charge is 2.14. The molecular formula is C12H14ClFN4. The summed E-state index contributed by atoms with van der Waals surface area (Å²) in [6.45, 7) is 1.96. The van der Waals surface area contributed by atoms with Crippen molar-refractivity contribution < 1.29 is 4.39 Å². The predicted molar refractivity (Wildman–Crippen MR) is 71.7 cm³/mol. The Morgan fingerprint density at radius 3 is 2.83 bits per heavy atom. The summed E-state index contributed by atoms with van der Waals surface area (Å²) in [4.78, 5) is 0. The molecule has 96 valence electrons. The van der Waals surface area contributed by atoms with Gasteiger partial charge in [-0.1, -0.05) is 24.6 Å². The molecule has 0 radical (unpaired) electrons. The van der Waals surface area contributed by atoms with Crippen LogP contribution >= 0.6 is 11.6 Å². The standard InChI is InChI=1S/C12H14ClFN4/c1-3-8-11(15)12(18(2)17-8)16-9-6-4-5-7(13)10(9)14/h4-6,16H,3,15H2,1-2H3. The molecule has 0 atom stereocenters. The first-order valence-corrected chi connectivity index (χ1v) is 5.94. The molecule has 0 bridgehead atoms. The second-order valence-electron chi connectivity index (χ2n) is 3.91. The maximum atomic E-state index is 13.8. The first-order valence-electron chi connectivity index (χ1n) is 5.57. The number of rotatable bonds is 3. The van der Waals surface area contributed by atoms with Crippen molar-refractivity contribution in [3.05, 3.63) is 34.7 Å². The molecule has 0 spiro atoms. The summed E-state index contributed by atoms with van der Waals surface area (Å²) >= 11 is 5.72. The predicted octanol–water partition coefficient (Wildman–Crippen LogP) is 3.10. The summed E-state index contributed by atoms with van der Waals surface area (Å²) in [5.41, 5.74) is 7.53. The molecule has 0 aliphatic carbocycles. The second-order valence-corrected chi connectivity index (χ2v) is 4.32. The monoisotopic (exact) mass is 268 g/mol. The lowest BCUT2D eigenvalue weighted by atomic mass is 10.2. The summed E-state index contributed by atoms with van der Waals surface area (Å²) in [5, 5.41) is 7.24. The van der Waals surface area contributed by atoms with Gasteiger partial charge in [0.1, 0.15) is 0 Å². The van der Waals surface area contributed by atoms with Crippen molar-refractivity contribution in [3.8, 4) is 0 Å². The van der Waals surface area contributed by atoms with Crippen LogP contribution in [0, 0.1) is 5.82 Å². The highest BCUT2D eigenvalue weighted by molar-refractivity contribution is 6.31. The highest BCUT2D eigenvalue weighted by Crippen LogP contribution is 2.29. The average Bonchev–Trinajstić information content (AvgIpc) is 2.62. The van der Waals surface area contributed by atoms with Gasteiger partial charge in [0.15, 0.2) is 11.6 Å². The molecule has 1 heterocycles. The fourth-order valence-corrected chi connectivity index (χ4v) is 1.91.